The lowest BCUT2D eigenvalue weighted by atomic mass is 9.99. The maximum Gasteiger partial charge on any atom is 0.305 e. The van der Waals surface area contributed by atoms with Crippen LogP contribution in [0.15, 0.2) is 65.7 Å². The number of fused-ring (bicyclic) bond motifs is 2. The number of carbonyl (C=O) groups excluding carboxylic acids is 10. The molecule has 2 aromatic rings. The topological polar surface area (TPSA) is 395 Å². The number of amides is 10. The summed E-state index contributed by atoms with van der Waals surface area (Å²) in [5.74, 6) is -10.7. The number of rotatable bonds is 15. The summed E-state index contributed by atoms with van der Waals surface area (Å²) in [4.78, 5) is 163. The van der Waals surface area contributed by atoms with Crippen LogP contribution in [0.5, 0.6) is 0 Å². The van der Waals surface area contributed by atoms with Crippen molar-refractivity contribution in [2.45, 2.75) is 179 Å². The van der Waals surface area contributed by atoms with Gasteiger partial charge in [-0.3, -0.25) is 57.7 Å². The molecular formula is C57H83N13O13. The molecule has 14 N–H and O–H groups in total. The highest BCUT2D eigenvalue weighted by Crippen LogP contribution is 2.23. The van der Waals surface area contributed by atoms with E-state index in [-0.39, 0.29) is 88.8 Å². The lowest BCUT2D eigenvalue weighted by Crippen LogP contribution is -2.62. The first-order valence-corrected chi connectivity index (χ1v) is 28.4. The molecule has 0 radical (unpaired) electrons. The summed E-state index contributed by atoms with van der Waals surface area (Å²) in [5.41, 5.74) is 12.4. The largest absolute Gasteiger partial charge is 0.481 e. The Morgan fingerprint density at radius 1 is 0.554 bits per heavy atom. The second-order valence-electron chi connectivity index (χ2n) is 22.4. The van der Waals surface area contributed by atoms with Gasteiger partial charge in [-0.2, -0.15) is 0 Å². The van der Waals surface area contributed by atoms with Crippen molar-refractivity contribution in [2.24, 2.45) is 28.3 Å². The standard InChI is InChI=1S/C57H83N13O13/c1-31(2)26-38-49(76)66-41(28-35-16-9-7-10-17-35)55(82)69-24-14-21-43(69)52(79)61-33(5)47(74)63-40(30-45(72)73)51(78)65-39(27-32(3)4)50(77)67-42(29-36-18-11-8-12-19-36)56(83)70-25-15-22-44(70)53(80)68-46(34(6)71)54(81)62-37(48(75)64-38)20-13-23-60-57(58)59/h7-12,16-19,31-34,37-44,46,71H,13-15,20-30H2,1-6H3,(H,61,79)(H,62,81)(H,63,74)(H,64,75)(H,65,78)(H,66,76)(H,67,77)(H,68,80)(H,72,73)(H4,58,59,60)/t33-,34+,37-,38-,39-,40-,41+,42+,43-,44-,46-/m0/s1. The molecule has 3 aliphatic heterocycles. The van der Waals surface area contributed by atoms with Crippen molar-refractivity contribution in [2.75, 3.05) is 19.6 Å². The molecule has 83 heavy (non-hydrogen) atoms. The van der Waals surface area contributed by atoms with Gasteiger partial charge in [0.15, 0.2) is 5.96 Å². The molecule has 0 bridgehead atoms. The predicted molar refractivity (Wildman–Crippen MR) is 304 cm³/mol. The number of aliphatic carboxylic acids is 1. The number of carboxylic acids is 1. The van der Waals surface area contributed by atoms with Crippen molar-refractivity contribution >= 4 is 71.0 Å². The van der Waals surface area contributed by atoms with Crippen LogP contribution in [0.2, 0.25) is 0 Å². The van der Waals surface area contributed by atoms with Gasteiger partial charge >= 0.3 is 5.97 Å². The van der Waals surface area contributed by atoms with E-state index in [1.807, 2.05) is 0 Å². The minimum Gasteiger partial charge on any atom is -0.481 e. The van der Waals surface area contributed by atoms with Gasteiger partial charge < -0.3 is 74.0 Å². The molecule has 26 nitrogen and oxygen atoms in total. The summed E-state index contributed by atoms with van der Waals surface area (Å²) < 4.78 is 0. The minimum absolute atomic E-state index is 0.0225. The molecule has 5 rings (SSSR count). The van der Waals surface area contributed by atoms with E-state index in [4.69, 9.17) is 11.5 Å². The van der Waals surface area contributed by atoms with Crippen LogP contribution >= 0.6 is 0 Å². The molecule has 2 aromatic carbocycles. The number of benzene rings is 2. The zero-order valence-electron chi connectivity index (χ0n) is 48.1. The number of guanidine groups is 1. The van der Waals surface area contributed by atoms with Gasteiger partial charge in [0.05, 0.1) is 12.5 Å². The van der Waals surface area contributed by atoms with Gasteiger partial charge in [-0.25, -0.2) is 0 Å². The second-order valence-corrected chi connectivity index (χ2v) is 22.4. The number of carboxylic acid groups (broad SMARTS) is 1. The number of aliphatic hydroxyl groups excluding tert-OH is 1. The van der Waals surface area contributed by atoms with Crippen LogP contribution in [0.1, 0.15) is 110 Å². The van der Waals surface area contributed by atoms with Gasteiger partial charge in [-0.15, -0.1) is 0 Å². The smallest absolute Gasteiger partial charge is 0.305 e. The predicted octanol–water partition coefficient (Wildman–Crippen LogP) is -1.63. The first-order valence-electron chi connectivity index (χ1n) is 28.4. The Morgan fingerprint density at radius 3 is 1.40 bits per heavy atom. The van der Waals surface area contributed by atoms with Crippen molar-refractivity contribution in [3.63, 3.8) is 0 Å². The van der Waals surface area contributed by atoms with Crippen molar-refractivity contribution in [1.29, 1.82) is 0 Å². The molecular weight excluding hydrogens is 1070 g/mol. The molecule has 454 valence electrons. The van der Waals surface area contributed by atoms with Gasteiger partial charge in [-0.1, -0.05) is 88.4 Å². The van der Waals surface area contributed by atoms with E-state index in [1.54, 1.807) is 88.4 Å². The van der Waals surface area contributed by atoms with Gasteiger partial charge in [0, 0.05) is 32.5 Å². The van der Waals surface area contributed by atoms with Crippen molar-refractivity contribution in [1.82, 2.24) is 52.3 Å². The maximum atomic E-state index is 14.8. The normalized spacial score (nSPS) is 26.5. The van der Waals surface area contributed by atoms with Crippen molar-refractivity contribution < 1.29 is 63.0 Å². The molecule has 3 heterocycles. The summed E-state index contributed by atoms with van der Waals surface area (Å²) in [6.45, 7) is 9.80. The Bertz CT molecular complexity index is 2650. The fourth-order valence-corrected chi connectivity index (χ4v) is 10.3. The summed E-state index contributed by atoms with van der Waals surface area (Å²) in [7, 11) is 0. The fourth-order valence-electron chi connectivity index (χ4n) is 10.3. The Balaban J connectivity index is 1.58. The summed E-state index contributed by atoms with van der Waals surface area (Å²) in [6.07, 6.45) is -1.70. The summed E-state index contributed by atoms with van der Waals surface area (Å²) in [5, 5.41) is 42.0. The first-order chi connectivity index (χ1) is 39.3. The number of nitrogens with two attached hydrogens (primary N) is 2. The number of aliphatic imine (C=N–C) groups is 1. The summed E-state index contributed by atoms with van der Waals surface area (Å²) >= 11 is 0. The Morgan fingerprint density at radius 2 is 0.964 bits per heavy atom. The Labute approximate surface area is 483 Å². The number of carbonyl (C=O) groups is 11. The quantitative estimate of drug-likeness (QED) is 0.0541. The SMILES string of the molecule is CC(C)C[C@@H]1NC(=O)[C@H](CCCN=C(N)N)NC(=O)[C@H]([C@@H](C)O)NC(=O)[C@@H]2CCCN2C(=O)[C@@H](Cc2ccccc2)NC(=O)[C@H](CC(C)C)NC(=O)[C@H](CC(=O)O)NC(=O)[C@H](C)NC(=O)[C@@H]2CCCN2C(=O)[C@@H](Cc2ccccc2)NC1=O. The van der Waals surface area contributed by atoms with Crippen LogP contribution in [0, 0.1) is 11.8 Å². The monoisotopic (exact) mass is 1160 g/mol. The Kier molecular flexibility index (Phi) is 24.8. The van der Waals surface area contributed by atoms with Crippen molar-refractivity contribution in [3.05, 3.63) is 71.8 Å². The highest BCUT2D eigenvalue weighted by Gasteiger charge is 2.43. The van der Waals surface area contributed by atoms with E-state index < -0.39 is 138 Å². The lowest BCUT2D eigenvalue weighted by Gasteiger charge is -2.32. The average molecular weight is 1160 g/mol. The number of hydrogen-bond acceptors (Lipinski definition) is 13. The second kappa shape index (κ2) is 31.3. The zero-order valence-corrected chi connectivity index (χ0v) is 48.1. The van der Waals surface area contributed by atoms with Crippen LogP contribution in [-0.4, -0.2) is 177 Å². The molecule has 3 saturated heterocycles. The molecule has 0 spiro atoms. The molecule has 11 atom stereocenters. The molecule has 0 unspecified atom stereocenters. The third-order valence-corrected chi connectivity index (χ3v) is 14.6. The van der Waals surface area contributed by atoms with E-state index in [9.17, 15) is 63.0 Å². The number of nitrogens with zero attached hydrogens (tertiary/aromatic N) is 3. The Hall–Kier alpha value is -8.16. The zero-order chi connectivity index (χ0) is 61.1. The van der Waals surface area contributed by atoms with Gasteiger partial charge in [0.25, 0.3) is 0 Å². The van der Waals surface area contributed by atoms with Gasteiger partial charge in [-0.05, 0) is 88.2 Å². The fraction of sp³-hybridized carbons (Fsp3) is 0.579. The van der Waals surface area contributed by atoms with Crippen LogP contribution in [0.25, 0.3) is 0 Å². The highest BCUT2D eigenvalue weighted by molar-refractivity contribution is 6.00. The third kappa shape index (κ3) is 19.8. The number of nitrogens with one attached hydrogen (secondary N) is 8. The van der Waals surface area contributed by atoms with Crippen LogP contribution in [0.3, 0.4) is 0 Å². The molecule has 0 aromatic heterocycles. The summed E-state index contributed by atoms with van der Waals surface area (Å²) in [6, 6.07) is 3.28. The van der Waals surface area contributed by atoms with Crippen molar-refractivity contribution in [3.8, 4) is 0 Å². The van der Waals surface area contributed by atoms with Crippen LogP contribution in [0.4, 0.5) is 0 Å². The molecule has 3 aliphatic rings. The molecule has 0 saturated carbocycles. The highest BCUT2D eigenvalue weighted by atomic mass is 16.4. The average Bonchev–Trinajstić information content (AvgIpc) is 4.38. The maximum absolute atomic E-state index is 14.8. The van der Waals surface area contributed by atoms with E-state index in [0.29, 0.717) is 24.0 Å². The minimum atomic E-state index is -1.78. The molecule has 26 heteroatoms. The molecule has 3 fully saturated rings. The van der Waals surface area contributed by atoms with Gasteiger partial charge in [0.1, 0.15) is 60.4 Å². The van der Waals surface area contributed by atoms with E-state index in [2.05, 4.69) is 47.5 Å². The lowest BCUT2D eigenvalue weighted by molar-refractivity contribution is -0.144. The third-order valence-electron chi connectivity index (χ3n) is 14.6. The van der Waals surface area contributed by atoms with E-state index >= 15 is 0 Å². The molecule has 0 aliphatic carbocycles. The van der Waals surface area contributed by atoms with Crippen LogP contribution < -0.4 is 54.0 Å². The number of hydrogen-bond donors (Lipinski definition) is 12. The van der Waals surface area contributed by atoms with Gasteiger partial charge in [0.2, 0.25) is 59.1 Å². The number of aliphatic hydroxyl groups is 1. The first kappa shape index (κ1) is 65.6. The van der Waals surface area contributed by atoms with Crippen LogP contribution in [-0.2, 0) is 65.6 Å². The van der Waals surface area contributed by atoms with E-state index in [1.165, 1.54) is 23.6 Å². The molecule has 10 amide bonds. The van der Waals surface area contributed by atoms with E-state index in [0.717, 1.165) is 0 Å².